The molecule has 0 saturated carbocycles. The summed E-state index contributed by atoms with van der Waals surface area (Å²) in [6.07, 6.45) is 9.04. The Hall–Kier alpha value is -0.790. The molecule has 1 unspecified atom stereocenters. The topological polar surface area (TPSA) is 20.3 Å². The van der Waals surface area contributed by atoms with Gasteiger partial charge in [-0.2, -0.15) is 0 Å². The Morgan fingerprint density at radius 1 is 1.18 bits per heavy atom. The first-order valence-corrected chi connectivity index (χ1v) is 7.07. The van der Waals surface area contributed by atoms with E-state index in [0.29, 0.717) is 5.91 Å². The van der Waals surface area contributed by atoms with Gasteiger partial charge in [0.1, 0.15) is 0 Å². The maximum Gasteiger partial charge on any atom is 0.225 e. The molecule has 0 N–H and O–H groups in total. The zero-order valence-corrected chi connectivity index (χ0v) is 11.9. The standard InChI is InChI=1S/C15H29NO/c1-5-8-9-10-11-12-13-14(4)15(17)16(6-2)7-3/h5,14H,1,6-13H2,2-4H3. The molecular weight excluding hydrogens is 210 g/mol. The number of allylic oxidation sites excluding steroid dienone is 1. The van der Waals surface area contributed by atoms with Gasteiger partial charge in [-0.05, 0) is 33.1 Å². The molecule has 0 radical (unpaired) electrons. The fourth-order valence-electron chi connectivity index (χ4n) is 2.06. The maximum absolute atomic E-state index is 12.0. The molecule has 0 aromatic carbocycles. The van der Waals surface area contributed by atoms with Gasteiger partial charge >= 0.3 is 0 Å². The highest BCUT2D eigenvalue weighted by Crippen LogP contribution is 2.14. The summed E-state index contributed by atoms with van der Waals surface area (Å²) in [5.41, 5.74) is 0. The van der Waals surface area contributed by atoms with E-state index >= 15 is 0 Å². The summed E-state index contributed by atoms with van der Waals surface area (Å²) in [7, 11) is 0. The molecule has 17 heavy (non-hydrogen) atoms. The lowest BCUT2D eigenvalue weighted by molar-refractivity contribution is -0.134. The molecule has 2 heteroatoms. The lowest BCUT2D eigenvalue weighted by Gasteiger charge is -2.22. The van der Waals surface area contributed by atoms with Crippen LogP contribution < -0.4 is 0 Å². The first-order chi connectivity index (χ1) is 8.17. The lowest BCUT2D eigenvalue weighted by atomic mass is 10.0. The van der Waals surface area contributed by atoms with Gasteiger partial charge in [0, 0.05) is 19.0 Å². The summed E-state index contributed by atoms with van der Waals surface area (Å²) >= 11 is 0. The second-order valence-electron chi connectivity index (χ2n) is 4.69. The summed E-state index contributed by atoms with van der Waals surface area (Å²) in [5.74, 6) is 0.510. The van der Waals surface area contributed by atoms with E-state index in [1.165, 1.54) is 25.7 Å². The number of hydrogen-bond donors (Lipinski definition) is 0. The highest BCUT2D eigenvalue weighted by Gasteiger charge is 2.17. The van der Waals surface area contributed by atoms with Crippen LogP contribution in [0.3, 0.4) is 0 Å². The number of carbonyl (C=O) groups excluding carboxylic acids is 1. The molecule has 0 aliphatic heterocycles. The van der Waals surface area contributed by atoms with Gasteiger partial charge in [-0.25, -0.2) is 0 Å². The number of nitrogens with zero attached hydrogens (tertiary/aromatic N) is 1. The average Bonchev–Trinajstić information content (AvgIpc) is 2.34. The van der Waals surface area contributed by atoms with E-state index in [4.69, 9.17) is 0 Å². The minimum atomic E-state index is 0.189. The largest absolute Gasteiger partial charge is 0.343 e. The summed E-state index contributed by atoms with van der Waals surface area (Å²) < 4.78 is 0. The minimum absolute atomic E-state index is 0.189. The van der Waals surface area contributed by atoms with Gasteiger partial charge in [0.15, 0.2) is 0 Å². The van der Waals surface area contributed by atoms with E-state index in [0.717, 1.165) is 25.9 Å². The molecule has 0 bridgehead atoms. The van der Waals surface area contributed by atoms with E-state index in [9.17, 15) is 4.79 Å². The van der Waals surface area contributed by atoms with Gasteiger partial charge in [0.2, 0.25) is 5.91 Å². The fourth-order valence-corrected chi connectivity index (χ4v) is 2.06. The molecule has 0 aliphatic carbocycles. The average molecular weight is 239 g/mol. The molecule has 0 fully saturated rings. The zero-order valence-electron chi connectivity index (χ0n) is 11.9. The summed E-state index contributed by atoms with van der Waals surface area (Å²) in [4.78, 5) is 13.9. The van der Waals surface area contributed by atoms with Crippen molar-refractivity contribution in [2.24, 2.45) is 5.92 Å². The number of rotatable bonds is 10. The molecule has 0 aromatic heterocycles. The zero-order chi connectivity index (χ0) is 13.1. The Balaban J connectivity index is 3.66. The quantitative estimate of drug-likeness (QED) is 0.416. The van der Waals surface area contributed by atoms with Crippen LogP contribution >= 0.6 is 0 Å². The van der Waals surface area contributed by atoms with Gasteiger partial charge in [0.05, 0.1) is 0 Å². The first kappa shape index (κ1) is 16.2. The summed E-state index contributed by atoms with van der Waals surface area (Å²) in [6, 6.07) is 0. The van der Waals surface area contributed by atoms with Crippen molar-refractivity contribution in [3.63, 3.8) is 0 Å². The van der Waals surface area contributed by atoms with Gasteiger partial charge in [-0.15, -0.1) is 6.58 Å². The third kappa shape index (κ3) is 7.19. The van der Waals surface area contributed by atoms with Crippen molar-refractivity contribution in [2.45, 2.75) is 59.3 Å². The SMILES string of the molecule is C=CCCCCCCC(C)C(=O)N(CC)CC. The van der Waals surface area contributed by atoms with E-state index in [2.05, 4.69) is 13.5 Å². The highest BCUT2D eigenvalue weighted by atomic mass is 16.2. The minimum Gasteiger partial charge on any atom is -0.343 e. The molecule has 0 spiro atoms. The number of carbonyl (C=O) groups is 1. The van der Waals surface area contributed by atoms with Crippen LogP contribution in [-0.2, 0) is 4.79 Å². The second-order valence-corrected chi connectivity index (χ2v) is 4.69. The molecule has 0 saturated heterocycles. The smallest absolute Gasteiger partial charge is 0.225 e. The normalized spacial score (nSPS) is 12.2. The van der Waals surface area contributed by atoms with Crippen molar-refractivity contribution >= 4 is 5.91 Å². The molecule has 1 amide bonds. The van der Waals surface area contributed by atoms with Crippen molar-refractivity contribution in [3.05, 3.63) is 12.7 Å². The van der Waals surface area contributed by atoms with Crippen LogP contribution in [0.25, 0.3) is 0 Å². The van der Waals surface area contributed by atoms with Crippen LogP contribution in [-0.4, -0.2) is 23.9 Å². The number of unbranched alkanes of at least 4 members (excludes halogenated alkanes) is 4. The van der Waals surface area contributed by atoms with Crippen LogP contribution in [0.5, 0.6) is 0 Å². The van der Waals surface area contributed by atoms with Gasteiger partial charge in [-0.1, -0.05) is 32.3 Å². The van der Waals surface area contributed by atoms with Gasteiger partial charge < -0.3 is 4.90 Å². The lowest BCUT2D eigenvalue weighted by Crippen LogP contribution is -2.34. The Morgan fingerprint density at radius 2 is 1.76 bits per heavy atom. The Bertz CT molecular complexity index is 209. The van der Waals surface area contributed by atoms with E-state index in [1.807, 2.05) is 24.8 Å². The molecule has 0 heterocycles. The Morgan fingerprint density at radius 3 is 2.29 bits per heavy atom. The number of hydrogen-bond acceptors (Lipinski definition) is 1. The summed E-state index contributed by atoms with van der Waals surface area (Å²) in [5, 5.41) is 0. The predicted octanol–water partition coefficient (Wildman–Crippen LogP) is 4.02. The fraction of sp³-hybridized carbons (Fsp3) is 0.800. The van der Waals surface area contributed by atoms with Crippen molar-refractivity contribution in [1.29, 1.82) is 0 Å². The van der Waals surface area contributed by atoms with Crippen molar-refractivity contribution in [2.75, 3.05) is 13.1 Å². The summed E-state index contributed by atoms with van der Waals surface area (Å²) in [6.45, 7) is 11.5. The molecule has 100 valence electrons. The third-order valence-corrected chi connectivity index (χ3v) is 3.29. The molecule has 2 nitrogen and oxygen atoms in total. The van der Waals surface area contributed by atoms with Crippen LogP contribution in [0.4, 0.5) is 0 Å². The Labute approximate surface area is 107 Å². The van der Waals surface area contributed by atoms with E-state index in [1.54, 1.807) is 0 Å². The third-order valence-electron chi connectivity index (χ3n) is 3.29. The second kappa shape index (κ2) is 10.4. The van der Waals surface area contributed by atoms with E-state index in [-0.39, 0.29) is 5.92 Å². The van der Waals surface area contributed by atoms with E-state index < -0.39 is 0 Å². The van der Waals surface area contributed by atoms with Crippen LogP contribution in [0, 0.1) is 5.92 Å². The van der Waals surface area contributed by atoms with Gasteiger partial charge in [-0.3, -0.25) is 4.79 Å². The Kier molecular flexibility index (Phi) is 9.89. The van der Waals surface area contributed by atoms with Crippen LogP contribution in [0.2, 0.25) is 0 Å². The molecule has 1 atom stereocenters. The molecule has 0 aromatic rings. The predicted molar refractivity (Wildman–Crippen MR) is 75.0 cm³/mol. The molecule has 0 rings (SSSR count). The van der Waals surface area contributed by atoms with Crippen molar-refractivity contribution < 1.29 is 4.79 Å². The van der Waals surface area contributed by atoms with Crippen molar-refractivity contribution in [3.8, 4) is 0 Å². The molecular formula is C15H29NO. The number of amides is 1. The monoisotopic (exact) mass is 239 g/mol. The van der Waals surface area contributed by atoms with Gasteiger partial charge in [0.25, 0.3) is 0 Å². The van der Waals surface area contributed by atoms with Crippen LogP contribution in [0.15, 0.2) is 12.7 Å². The van der Waals surface area contributed by atoms with Crippen LogP contribution in [0.1, 0.15) is 59.3 Å². The van der Waals surface area contributed by atoms with Crippen molar-refractivity contribution in [1.82, 2.24) is 4.90 Å². The first-order valence-electron chi connectivity index (χ1n) is 7.07. The molecule has 0 aliphatic rings. The maximum atomic E-state index is 12.0. The highest BCUT2D eigenvalue weighted by molar-refractivity contribution is 5.78.